The topological polar surface area (TPSA) is 6.48 Å². The van der Waals surface area contributed by atoms with Gasteiger partial charge in [0, 0.05) is 31.9 Å². The van der Waals surface area contributed by atoms with E-state index in [9.17, 15) is 0 Å². The molecule has 1 aromatic rings. The first kappa shape index (κ1) is 14.1. The van der Waals surface area contributed by atoms with Crippen molar-refractivity contribution in [1.82, 2.24) is 0 Å². The number of benzene rings is 1. The van der Waals surface area contributed by atoms with Crippen LogP contribution >= 0.6 is 11.6 Å². The minimum absolute atomic E-state index is 0.757. The summed E-state index contributed by atoms with van der Waals surface area (Å²) in [4.78, 5) is 4.91. The zero-order valence-electron chi connectivity index (χ0n) is 12.6. The molecular formula is C17H25ClN2. The van der Waals surface area contributed by atoms with Crippen LogP contribution in [0.4, 0.5) is 11.4 Å². The number of halogens is 1. The van der Waals surface area contributed by atoms with Crippen LogP contribution in [0.25, 0.3) is 0 Å². The predicted octanol–water partition coefficient (Wildman–Crippen LogP) is 4.42. The first-order valence-electron chi connectivity index (χ1n) is 7.93. The zero-order valence-corrected chi connectivity index (χ0v) is 13.4. The third-order valence-electron chi connectivity index (χ3n) is 4.61. The van der Waals surface area contributed by atoms with Gasteiger partial charge in [-0.1, -0.05) is 25.4 Å². The number of piperidine rings is 1. The van der Waals surface area contributed by atoms with Gasteiger partial charge in [0.05, 0.1) is 10.7 Å². The largest absolute Gasteiger partial charge is 0.371 e. The summed E-state index contributed by atoms with van der Waals surface area (Å²) in [6.07, 6.45) is 3.95. The smallest absolute Gasteiger partial charge is 0.0660 e. The molecule has 0 saturated carbocycles. The van der Waals surface area contributed by atoms with E-state index in [1.807, 2.05) is 0 Å². The lowest BCUT2D eigenvalue weighted by Gasteiger charge is -2.37. The van der Waals surface area contributed by atoms with Crippen molar-refractivity contribution in [3.8, 4) is 0 Å². The lowest BCUT2D eigenvalue weighted by Crippen LogP contribution is -2.38. The molecule has 2 unspecified atom stereocenters. The second kappa shape index (κ2) is 5.85. The Balaban J connectivity index is 1.79. The molecule has 0 radical (unpaired) electrons. The summed E-state index contributed by atoms with van der Waals surface area (Å²) in [6.45, 7) is 9.30. The lowest BCUT2D eigenvalue weighted by molar-refractivity contribution is 0.357. The second-order valence-electron chi connectivity index (χ2n) is 6.68. The summed E-state index contributed by atoms with van der Waals surface area (Å²) in [5.41, 5.74) is 2.50. The molecule has 110 valence electrons. The fourth-order valence-corrected chi connectivity index (χ4v) is 4.08. The molecule has 1 aromatic carbocycles. The van der Waals surface area contributed by atoms with Crippen molar-refractivity contribution in [1.29, 1.82) is 0 Å². The molecule has 2 aliphatic heterocycles. The van der Waals surface area contributed by atoms with Crippen molar-refractivity contribution in [2.45, 2.75) is 33.1 Å². The molecule has 2 fully saturated rings. The number of rotatable bonds is 2. The molecule has 2 atom stereocenters. The Bertz CT molecular complexity index is 458. The summed E-state index contributed by atoms with van der Waals surface area (Å²) < 4.78 is 0. The minimum atomic E-state index is 0.757. The highest BCUT2D eigenvalue weighted by Gasteiger charge is 2.24. The molecule has 0 bridgehead atoms. The molecule has 0 aliphatic carbocycles. The predicted molar refractivity (Wildman–Crippen MR) is 88.1 cm³/mol. The van der Waals surface area contributed by atoms with Crippen LogP contribution in [0, 0.1) is 11.8 Å². The van der Waals surface area contributed by atoms with Gasteiger partial charge in [-0.2, -0.15) is 0 Å². The maximum Gasteiger partial charge on any atom is 0.0660 e. The highest BCUT2D eigenvalue weighted by molar-refractivity contribution is 6.33. The van der Waals surface area contributed by atoms with Crippen LogP contribution < -0.4 is 9.80 Å². The maximum atomic E-state index is 6.57. The van der Waals surface area contributed by atoms with Crippen LogP contribution in [-0.4, -0.2) is 26.2 Å². The maximum absolute atomic E-state index is 6.57. The first-order chi connectivity index (χ1) is 9.63. The highest BCUT2D eigenvalue weighted by Crippen LogP contribution is 2.34. The van der Waals surface area contributed by atoms with Crippen LogP contribution in [-0.2, 0) is 0 Å². The molecule has 3 rings (SSSR count). The van der Waals surface area contributed by atoms with Crippen molar-refractivity contribution in [2.24, 2.45) is 11.8 Å². The number of hydrogen-bond acceptors (Lipinski definition) is 2. The summed E-state index contributed by atoms with van der Waals surface area (Å²) in [7, 11) is 0. The van der Waals surface area contributed by atoms with E-state index in [-0.39, 0.29) is 0 Å². The average molecular weight is 293 g/mol. The van der Waals surface area contributed by atoms with E-state index in [1.54, 1.807) is 0 Å². The van der Waals surface area contributed by atoms with Crippen LogP contribution in [0.1, 0.15) is 33.1 Å². The van der Waals surface area contributed by atoms with Gasteiger partial charge in [0.25, 0.3) is 0 Å². The molecule has 0 N–H and O–H groups in total. The third-order valence-corrected chi connectivity index (χ3v) is 4.91. The summed E-state index contributed by atoms with van der Waals surface area (Å²) in [5, 5.41) is 0.913. The van der Waals surface area contributed by atoms with Crippen molar-refractivity contribution in [3.05, 3.63) is 23.2 Å². The van der Waals surface area contributed by atoms with E-state index in [0.717, 1.165) is 29.9 Å². The Labute approximate surface area is 127 Å². The molecule has 2 nitrogen and oxygen atoms in total. The lowest BCUT2D eigenvalue weighted by atomic mass is 9.91. The summed E-state index contributed by atoms with van der Waals surface area (Å²) in [5.74, 6) is 1.51. The highest BCUT2D eigenvalue weighted by atomic mass is 35.5. The molecule has 0 aromatic heterocycles. The standard InChI is InChI=1S/C17H25ClN2/c1-13-9-14(2)12-20(11-13)17-6-5-15(10-16(17)18)19-7-3-4-8-19/h5-6,10,13-14H,3-4,7-9,11-12H2,1-2H3. The van der Waals surface area contributed by atoms with Gasteiger partial charge in [0.2, 0.25) is 0 Å². The Morgan fingerprint density at radius 3 is 2.25 bits per heavy atom. The molecule has 0 amide bonds. The van der Waals surface area contributed by atoms with Crippen molar-refractivity contribution in [3.63, 3.8) is 0 Å². The van der Waals surface area contributed by atoms with Gasteiger partial charge in [-0.25, -0.2) is 0 Å². The quantitative estimate of drug-likeness (QED) is 0.796. The van der Waals surface area contributed by atoms with E-state index in [1.165, 1.54) is 43.7 Å². The van der Waals surface area contributed by atoms with Gasteiger partial charge in [-0.15, -0.1) is 0 Å². The van der Waals surface area contributed by atoms with Crippen molar-refractivity contribution < 1.29 is 0 Å². The molecule has 2 saturated heterocycles. The van der Waals surface area contributed by atoms with Crippen LogP contribution in [0.5, 0.6) is 0 Å². The van der Waals surface area contributed by atoms with Crippen LogP contribution in [0.15, 0.2) is 18.2 Å². The van der Waals surface area contributed by atoms with Gasteiger partial charge in [0.1, 0.15) is 0 Å². The second-order valence-corrected chi connectivity index (χ2v) is 7.09. The number of anilines is 2. The zero-order chi connectivity index (χ0) is 14.1. The van der Waals surface area contributed by atoms with Gasteiger partial charge in [-0.05, 0) is 49.3 Å². The Kier molecular flexibility index (Phi) is 4.11. The van der Waals surface area contributed by atoms with Crippen LogP contribution in [0.2, 0.25) is 5.02 Å². The molecule has 0 spiro atoms. The van der Waals surface area contributed by atoms with Gasteiger partial charge in [-0.3, -0.25) is 0 Å². The van der Waals surface area contributed by atoms with E-state index >= 15 is 0 Å². The first-order valence-corrected chi connectivity index (χ1v) is 8.30. The van der Waals surface area contributed by atoms with Crippen molar-refractivity contribution in [2.75, 3.05) is 36.0 Å². The van der Waals surface area contributed by atoms with Gasteiger partial charge in [0.15, 0.2) is 0 Å². The van der Waals surface area contributed by atoms with E-state index < -0.39 is 0 Å². The summed E-state index contributed by atoms with van der Waals surface area (Å²) >= 11 is 6.57. The fraction of sp³-hybridized carbons (Fsp3) is 0.647. The normalized spacial score (nSPS) is 27.1. The van der Waals surface area contributed by atoms with E-state index in [2.05, 4.69) is 41.8 Å². The fourth-order valence-electron chi connectivity index (χ4n) is 3.78. The van der Waals surface area contributed by atoms with Gasteiger partial charge >= 0.3 is 0 Å². The number of nitrogens with zero attached hydrogens (tertiary/aromatic N) is 2. The van der Waals surface area contributed by atoms with Gasteiger partial charge < -0.3 is 9.80 Å². The van der Waals surface area contributed by atoms with E-state index in [4.69, 9.17) is 11.6 Å². The van der Waals surface area contributed by atoms with Crippen LogP contribution in [0.3, 0.4) is 0 Å². The number of hydrogen-bond donors (Lipinski definition) is 0. The molecule has 3 heteroatoms. The third kappa shape index (κ3) is 2.90. The average Bonchev–Trinajstić information content (AvgIpc) is 2.91. The van der Waals surface area contributed by atoms with Crippen molar-refractivity contribution >= 4 is 23.0 Å². The Hall–Kier alpha value is -0.890. The Morgan fingerprint density at radius 2 is 1.65 bits per heavy atom. The molecule has 20 heavy (non-hydrogen) atoms. The summed E-state index contributed by atoms with van der Waals surface area (Å²) in [6, 6.07) is 6.63. The molecular weight excluding hydrogens is 268 g/mol. The molecule has 2 heterocycles. The Morgan fingerprint density at radius 1 is 1.00 bits per heavy atom. The minimum Gasteiger partial charge on any atom is -0.371 e. The SMILES string of the molecule is CC1CC(C)CN(c2ccc(N3CCCC3)cc2Cl)C1. The monoisotopic (exact) mass is 292 g/mol. The molecule has 2 aliphatic rings. The van der Waals surface area contributed by atoms with E-state index in [0.29, 0.717) is 0 Å².